The first-order chi connectivity index (χ1) is 19.0. The van der Waals surface area contributed by atoms with Gasteiger partial charge in [-0.05, 0) is 72.9 Å². The number of pyridine rings is 2. The van der Waals surface area contributed by atoms with Crippen LogP contribution < -0.4 is 10.6 Å². The Labute approximate surface area is 232 Å². The Bertz CT molecular complexity index is 1640. The van der Waals surface area contributed by atoms with Crippen LogP contribution >= 0.6 is 11.8 Å². The highest BCUT2D eigenvalue weighted by Crippen LogP contribution is 2.45. The quantitative estimate of drug-likeness (QED) is 0.215. The number of hydrogen-bond acceptors (Lipinski definition) is 7. The van der Waals surface area contributed by atoms with E-state index in [0.717, 1.165) is 64.4 Å². The highest BCUT2D eigenvalue weighted by Gasteiger charge is 2.33. The fourth-order valence-electron chi connectivity index (χ4n) is 5.75. The third-order valence-electron chi connectivity index (χ3n) is 8.24. The predicted octanol–water partition coefficient (Wildman–Crippen LogP) is 6.64. The van der Waals surface area contributed by atoms with Gasteiger partial charge in [0.15, 0.2) is 5.82 Å². The van der Waals surface area contributed by atoms with Crippen molar-refractivity contribution in [3.8, 4) is 11.4 Å². The minimum atomic E-state index is 0.229. The van der Waals surface area contributed by atoms with Gasteiger partial charge in [-0.15, -0.1) is 0 Å². The highest BCUT2D eigenvalue weighted by atomic mass is 32.2. The smallest absolute Gasteiger partial charge is 0.163 e. The fraction of sp³-hybridized carbons (Fsp3) is 0.355. The maximum Gasteiger partial charge on any atom is 0.163 e. The van der Waals surface area contributed by atoms with Gasteiger partial charge in [0.1, 0.15) is 11.5 Å². The molecular weight excluding hydrogens is 502 g/mol. The second kappa shape index (κ2) is 9.92. The molecule has 1 aromatic carbocycles. The summed E-state index contributed by atoms with van der Waals surface area (Å²) in [5.41, 5.74) is 4.21. The summed E-state index contributed by atoms with van der Waals surface area (Å²) in [6.07, 6.45) is 9.31. The molecule has 8 heteroatoms. The molecule has 2 fully saturated rings. The summed E-state index contributed by atoms with van der Waals surface area (Å²) in [5, 5.41) is 10.5. The summed E-state index contributed by atoms with van der Waals surface area (Å²) < 4.78 is 0. The molecule has 0 spiro atoms. The number of rotatable bonds is 7. The minimum absolute atomic E-state index is 0.229. The van der Waals surface area contributed by atoms with Gasteiger partial charge < -0.3 is 15.6 Å². The van der Waals surface area contributed by atoms with Crippen LogP contribution in [0.15, 0.2) is 71.0 Å². The Morgan fingerprint density at radius 3 is 2.74 bits per heavy atom. The lowest BCUT2D eigenvalue weighted by atomic mass is 9.74. The lowest BCUT2D eigenvalue weighted by molar-refractivity contribution is 0.166. The molecule has 7 nitrogen and oxygen atoms in total. The number of piperidine rings is 1. The Hall–Kier alpha value is -3.49. The lowest BCUT2D eigenvalue weighted by Crippen LogP contribution is -2.45. The maximum absolute atomic E-state index is 5.20. The Balaban J connectivity index is 1.30. The Morgan fingerprint density at radius 2 is 1.92 bits per heavy atom. The van der Waals surface area contributed by atoms with Crippen LogP contribution in [0.3, 0.4) is 0 Å². The Morgan fingerprint density at radius 1 is 1.05 bits per heavy atom. The van der Waals surface area contributed by atoms with Gasteiger partial charge in [-0.3, -0.25) is 4.98 Å². The van der Waals surface area contributed by atoms with Crippen LogP contribution in [0, 0.1) is 11.3 Å². The van der Waals surface area contributed by atoms with Gasteiger partial charge in [-0.25, -0.2) is 15.0 Å². The fourth-order valence-corrected chi connectivity index (χ4v) is 6.62. The molecule has 2 aliphatic rings. The number of nitrogens with one attached hydrogen (secondary N) is 3. The molecule has 1 unspecified atom stereocenters. The molecule has 0 bridgehead atoms. The topological polar surface area (TPSA) is 91.4 Å². The first-order valence-corrected chi connectivity index (χ1v) is 14.7. The molecule has 5 heterocycles. The van der Waals surface area contributed by atoms with Crippen LogP contribution in [0.25, 0.3) is 33.3 Å². The summed E-state index contributed by atoms with van der Waals surface area (Å²) in [6, 6.07) is 14.6. The van der Waals surface area contributed by atoms with Gasteiger partial charge in [-0.1, -0.05) is 43.8 Å². The van der Waals surface area contributed by atoms with E-state index in [1.807, 2.05) is 30.7 Å². The van der Waals surface area contributed by atoms with Gasteiger partial charge in [0.25, 0.3) is 0 Å². The molecule has 0 amide bonds. The summed E-state index contributed by atoms with van der Waals surface area (Å²) in [4.78, 5) is 24.1. The van der Waals surface area contributed by atoms with Crippen LogP contribution in [0.2, 0.25) is 0 Å². The van der Waals surface area contributed by atoms with E-state index in [2.05, 4.69) is 69.8 Å². The second-order valence-electron chi connectivity index (χ2n) is 11.5. The highest BCUT2D eigenvalue weighted by molar-refractivity contribution is 7.99. The molecule has 7 rings (SSSR count). The van der Waals surface area contributed by atoms with Gasteiger partial charge in [0.2, 0.25) is 0 Å². The second-order valence-corrected chi connectivity index (χ2v) is 12.6. The van der Waals surface area contributed by atoms with Crippen molar-refractivity contribution in [3.63, 3.8) is 0 Å². The van der Waals surface area contributed by atoms with Crippen molar-refractivity contribution in [2.24, 2.45) is 11.3 Å². The van der Waals surface area contributed by atoms with E-state index in [0.29, 0.717) is 17.7 Å². The molecule has 1 saturated heterocycles. The van der Waals surface area contributed by atoms with Crippen molar-refractivity contribution in [1.82, 2.24) is 30.2 Å². The zero-order chi connectivity index (χ0) is 26.4. The molecule has 1 atom stereocenters. The monoisotopic (exact) mass is 535 g/mol. The van der Waals surface area contributed by atoms with E-state index in [-0.39, 0.29) is 5.41 Å². The van der Waals surface area contributed by atoms with Crippen molar-refractivity contribution in [3.05, 3.63) is 66.6 Å². The molecule has 5 aromatic rings. The van der Waals surface area contributed by atoms with Gasteiger partial charge >= 0.3 is 0 Å². The molecule has 1 saturated carbocycles. The average molecular weight is 536 g/mol. The number of nitrogens with zero attached hydrogens (tertiary/aromatic N) is 4. The van der Waals surface area contributed by atoms with E-state index in [4.69, 9.17) is 9.97 Å². The molecule has 3 N–H and O–H groups in total. The molecule has 4 aromatic heterocycles. The minimum Gasteiger partial charge on any atom is -0.369 e. The van der Waals surface area contributed by atoms with Crippen molar-refractivity contribution < 1.29 is 0 Å². The molecule has 39 heavy (non-hydrogen) atoms. The van der Waals surface area contributed by atoms with E-state index in [1.165, 1.54) is 23.3 Å². The largest absolute Gasteiger partial charge is 0.369 e. The normalized spacial score (nSPS) is 19.0. The first kappa shape index (κ1) is 24.5. The van der Waals surface area contributed by atoms with E-state index in [9.17, 15) is 0 Å². The third kappa shape index (κ3) is 4.87. The lowest BCUT2D eigenvalue weighted by Gasteiger charge is -2.39. The molecular formula is C31H33N7S. The summed E-state index contributed by atoms with van der Waals surface area (Å²) in [6.45, 7) is 7.71. The number of H-pyrrole nitrogens is 1. The number of aromatic nitrogens is 5. The van der Waals surface area contributed by atoms with Crippen LogP contribution in [-0.2, 0) is 0 Å². The number of hydrogen-bond donors (Lipinski definition) is 3. The molecule has 1 aliphatic carbocycles. The summed E-state index contributed by atoms with van der Waals surface area (Å²) in [7, 11) is 0. The molecule has 198 valence electrons. The van der Waals surface area contributed by atoms with Gasteiger partial charge in [0, 0.05) is 46.7 Å². The van der Waals surface area contributed by atoms with E-state index >= 15 is 0 Å². The average Bonchev–Trinajstić information content (AvgIpc) is 3.71. The van der Waals surface area contributed by atoms with Crippen LogP contribution in [0.1, 0.15) is 44.6 Å². The molecule has 0 radical (unpaired) electrons. The first-order valence-electron chi connectivity index (χ1n) is 13.9. The summed E-state index contributed by atoms with van der Waals surface area (Å²) in [5.74, 6) is 2.75. The van der Waals surface area contributed by atoms with Crippen LogP contribution in [0.5, 0.6) is 0 Å². The SMILES string of the molecule is CC1(C)CNCCC1CNc1nc(-c2ccnc3[nH]c(Sc4ccccc4)cc23)nc2cncc(C3CC3)c12. The van der Waals surface area contributed by atoms with E-state index in [1.54, 1.807) is 11.8 Å². The van der Waals surface area contributed by atoms with Crippen molar-refractivity contribution >= 4 is 39.5 Å². The zero-order valence-corrected chi connectivity index (χ0v) is 23.2. The Kier molecular flexibility index (Phi) is 6.24. The maximum atomic E-state index is 5.20. The van der Waals surface area contributed by atoms with Crippen molar-refractivity contribution in [1.29, 1.82) is 0 Å². The zero-order valence-electron chi connectivity index (χ0n) is 22.4. The number of fused-ring (bicyclic) bond motifs is 2. The number of benzene rings is 1. The van der Waals surface area contributed by atoms with Crippen LogP contribution in [0.4, 0.5) is 5.82 Å². The van der Waals surface area contributed by atoms with Crippen LogP contribution in [-0.4, -0.2) is 44.6 Å². The third-order valence-corrected chi connectivity index (χ3v) is 9.19. The summed E-state index contributed by atoms with van der Waals surface area (Å²) >= 11 is 1.69. The number of aromatic amines is 1. The molecule has 1 aliphatic heterocycles. The van der Waals surface area contributed by atoms with Crippen molar-refractivity contribution in [2.45, 2.75) is 48.9 Å². The predicted molar refractivity (Wildman–Crippen MR) is 158 cm³/mol. The standard InChI is InChI=1S/C31H33N7S/c1-31(2)18-32-12-10-20(31)15-35-30-27-24(19-8-9-19)16-33-17-25(27)36-29(38-30)22-11-13-34-28-23(22)14-26(37-28)39-21-6-4-3-5-7-21/h3-7,11,13-14,16-17,19-20,32H,8-10,12,15,18H2,1-2H3,(H,34,37)(H,35,36,38). The van der Waals surface area contributed by atoms with E-state index < -0.39 is 0 Å². The number of anilines is 1. The van der Waals surface area contributed by atoms with Gasteiger partial charge in [0.05, 0.1) is 16.7 Å². The van der Waals surface area contributed by atoms with Crippen molar-refractivity contribution in [2.75, 3.05) is 25.0 Å². The van der Waals surface area contributed by atoms with Gasteiger partial charge in [-0.2, -0.15) is 0 Å².